The van der Waals surface area contributed by atoms with Crippen LogP contribution in [0.15, 0.2) is 53.0 Å². The van der Waals surface area contributed by atoms with Crippen LogP contribution < -0.4 is 9.80 Å². The van der Waals surface area contributed by atoms with E-state index in [9.17, 15) is 13.2 Å². The molecule has 0 aliphatic carbocycles. The summed E-state index contributed by atoms with van der Waals surface area (Å²) in [6, 6.07) is 14.1. The number of anilines is 2. The van der Waals surface area contributed by atoms with Crippen molar-refractivity contribution in [1.82, 2.24) is 0 Å². The standard InChI is InChI=1S/C18H17BrN2O3S/c1-12-5-7-14(8-6-12)20-16-10-25(23,24)11-17(16)21(18(20)22)15-4-2-3-13(19)9-15/h2-9,16-17H,10-11H2,1H3/t16-,17-/m1/s1. The van der Waals surface area contributed by atoms with Gasteiger partial charge >= 0.3 is 6.03 Å². The smallest absolute Gasteiger partial charge is 0.288 e. The SMILES string of the molecule is Cc1ccc(N2C(=O)N(c3cccc(Br)c3)[C@@H]3CS(=O)(=O)C[C@H]32)cc1. The Morgan fingerprint density at radius 1 is 0.960 bits per heavy atom. The monoisotopic (exact) mass is 420 g/mol. The van der Waals surface area contributed by atoms with E-state index in [4.69, 9.17) is 0 Å². The number of hydrogen-bond acceptors (Lipinski definition) is 3. The largest absolute Gasteiger partial charge is 0.329 e. The summed E-state index contributed by atoms with van der Waals surface area (Å²) in [7, 11) is -3.18. The second kappa shape index (κ2) is 5.85. The van der Waals surface area contributed by atoms with Crippen LogP contribution in [-0.4, -0.2) is 38.0 Å². The van der Waals surface area contributed by atoms with Crippen molar-refractivity contribution in [2.24, 2.45) is 0 Å². The minimum absolute atomic E-state index is 0.00171. The first-order valence-electron chi connectivity index (χ1n) is 8.01. The van der Waals surface area contributed by atoms with E-state index in [-0.39, 0.29) is 29.6 Å². The molecule has 0 spiro atoms. The Morgan fingerprint density at radius 3 is 2.16 bits per heavy atom. The van der Waals surface area contributed by atoms with Crippen LogP contribution >= 0.6 is 15.9 Å². The van der Waals surface area contributed by atoms with Gasteiger partial charge in [-0.1, -0.05) is 39.7 Å². The highest BCUT2D eigenvalue weighted by molar-refractivity contribution is 9.10. The van der Waals surface area contributed by atoms with Gasteiger partial charge < -0.3 is 0 Å². The topological polar surface area (TPSA) is 57.7 Å². The lowest BCUT2D eigenvalue weighted by Gasteiger charge is -2.23. The number of carbonyl (C=O) groups is 1. The van der Waals surface area contributed by atoms with Gasteiger partial charge in [0.05, 0.1) is 23.6 Å². The molecule has 25 heavy (non-hydrogen) atoms. The average molecular weight is 421 g/mol. The molecule has 0 radical (unpaired) electrons. The number of amides is 2. The maximum absolute atomic E-state index is 13.2. The van der Waals surface area contributed by atoms with Crippen molar-refractivity contribution in [3.8, 4) is 0 Å². The number of sulfone groups is 1. The molecule has 2 amide bonds. The molecule has 5 nitrogen and oxygen atoms in total. The molecular weight excluding hydrogens is 404 g/mol. The van der Waals surface area contributed by atoms with Gasteiger partial charge in [0, 0.05) is 15.8 Å². The van der Waals surface area contributed by atoms with E-state index >= 15 is 0 Å². The summed E-state index contributed by atoms with van der Waals surface area (Å²) in [5, 5.41) is 0. The van der Waals surface area contributed by atoms with Crippen LogP contribution in [-0.2, 0) is 9.84 Å². The van der Waals surface area contributed by atoms with E-state index in [1.807, 2.05) is 55.5 Å². The van der Waals surface area contributed by atoms with Crippen molar-refractivity contribution in [2.45, 2.75) is 19.0 Å². The highest BCUT2D eigenvalue weighted by Gasteiger charge is 2.54. The molecule has 0 unspecified atom stereocenters. The van der Waals surface area contributed by atoms with Crippen molar-refractivity contribution >= 4 is 43.2 Å². The molecule has 0 aromatic heterocycles. The van der Waals surface area contributed by atoms with Crippen LogP contribution in [0.25, 0.3) is 0 Å². The number of urea groups is 1. The molecule has 2 aromatic rings. The molecule has 2 aliphatic rings. The Bertz CT molecular complexity index is 943. The van der Waals surface area contributed by atoms with E-state index < -0.39 is 9.84 Å². The Labute approximate surface area is 155 Å². The summed E-state index contributed by atoms with van der Waals surface area (Å²) in [4.78, 5) is 16.4. The van der Waals surface area contributed by atoms with Gasteiger partial charge in [-0.2, -0.15) is 0 Å². The molecule has 2 aliphatic heterocycles. The fourth-order valence-corrected chi connectivity index (χ4v) is 5.95. The van der Waals surface area contributed by atoms with Crippen LogP contribution in [0, 0.1) is 6.92 Å². The van der Waals surface area contributed by atoms with Crippen LogP contribution in [0.5, 0.6) is 0 Å². The second-order valence-electron chi connectivity index (χ2n) is 6.55. The number of halogens is 1. The molecule has 0 saturated carbocycles. The molecule has 0 N–H and O–H groups in total. The Kier molecular flexibility index (Phi) is 3.88. The second-order valence-corrected chi connectivity index (χ2v) is 9.62. The lowest BCUT2D eigenvalue weighted by Crippen LogP contribution is -2.37. The van der Waals surface area contributed by atoms with Gasteiger partial charge in [0.2, 0.25) is 0 Å². The summed E-state index contributed by atoms with van der Waals surface area (Å²) in [6.07, 6.45) is 0. The van der Waals surface area contributed by atoms with Crippen molar-refractivity contribution < 1.29 is 13.2 Å². The minimum Gasteiger partial charge on any atom is -0.288 e. The van der Waals surface area contributed by atoms with E-state index in [0.29, 0.717) is 5.69 Å². The highest BCUT2D eigenvalue weighted by Crippen LogP contribution is 2.38. The molecule has 130 valence electrons. The predicted molar refractivity (Wildman–Crippen MR) is 102 cm³/mol. The van der Waals surface area contributed by atoms with Crippen molar-refractivity contribution in [3.05, 3.63) is 58.6 Å². The zero-order valence-corrected chi connectivity index (χ0v) is 16.0. The zero-order valence-electron chi connectivity index (χ0n) is 13.6. The van der Waals surface area contributed by atoms with E-state index in [1.165, 1.54) is 0 Å². The van der Waals surface area contributed by atoms with E-state index in [2.05, 4.69) is 15.9 Å². The molecule has 2 saturated heterocycles. The van der Waals surface area contributed by atoms with Gasteiger partial charge in [-0.25, -0.2) is 13.2 Å². The molecule has 2 heterocycles. The van der Waals surface area contributed by atoms with Gasteiger partial charge in [0.25, 0.3) is 0 Å². The van der Waals surface area contributed by atoms with Gasteiger partial charge in [-0.15, -0.1) is 0 Å². The number of rotatable bonds is 2. The molecule has 2 atom stereocenters. The minimum atomic E-state index is -3.18. The van der Waals surface area contributed by atoms with Gasteiger partial charge in [0.15, 0.2) is 9.84 Å². The third-order valence-electron chi connectivity index (χ3n) is 4.77. The first kappa shape index (κ1) is 16.6. The summed E-state index contributed by atoms with van der Waals surface area (Å²) in [5.74, 6) is 0.0000671. The van der Waals surface area contributed by atoms with Crippen LogP contribution in [0.2, 0.25) is 0 Å². The average Bonchev–Trinajstić information content (AvgIpc) is 2.97. The molecular formula is C18H17BrN2O3S. The molecule has 2 fully saturated rings. The lowest BCUT2D eigenvalue weighted by molar-refractivity contribution is 0.255. The maximum Gasteiger partial charge on any atom is 0.329 e. The van der Waals surface area contributed by atoms with E-state index in [1.54, 1.807) is 9.80 Å². The lowest BCUT2D eigenvalue weighted by atomic mass is 10.1. The number of nitrogens with zero attached hydrogens (tertiary/aromatic N) is 2. The normalized spacial score (nSPS) is 24.6. The van der Waals surface area contributed by atoms with Crippen LogP contribution in [0.3, 0.4) is 0 Å². The number of fused-ring (bicyclic) bond motifs is 1. The maximum atomic E-state index is 13.2. The third kappa shape index (κ3) is 2.85. The van der Waals surface area contributed by atoms with Crippen molar-refractivity contribution in [1.29, 1.82) is 0 Å². The third-order valence-corrected chi connectivity index (χ3v) is 6.96. The van der Waals surface area contributed by atoms with Gasteiger partial charge in [-0.3, -0.25) is 9.80 Å². The van der Waals surface area contributed by atoms with E-state index in [0.717, 1.165) is 15.7 Å². The molecule has 4 rings (SSSR count). The summed E-state index contributed by atoms with van der Waals surface area (Å²) in [5.41, 5.74) is 2.54. The quantitative estimate of drug-likeness (QED) is 0.699. The highest BCUT2D eigenvalue weighted by atomic mass is 79.9. The number of aryl methyl sites for hydroxylation is 1. The summed E-state index contributed by atoms with van der Waals surface area (Å²) >= 11 is 3.42. The zero-order chi connectivity index (χ0) is 17.8. The fraction of sp³-hybridized carbons (Fsp3) is 0.278. The Hall–Kier alpha value is -1.86. The first-order chi connectivity index (χ1) is 11.9. The van der Waals surface area contributed by atoms with Crippen molar-refractivity contribution in [3.63, 3.8) is 0 Å². The van der Waals surface area contributed by atoms with Crippen LogP contribution in [0.4, 0.5) is 16.2 Å². The number of carbonyl (C=O) groups excluding carboxylic acids is 1. The summed E-state index contributed by atoms with van der Waals surface area (Å²) in [6.45, 7) is 1.98. The molecule has 2 aromatic carbocycles. The number of benzene rings is 2. The van der Waals surface area contributed by atoms with Gasteiger partial charge in [0.1, 0.15) is 0 Å². The Balaban J connectivity index is 1.81. The number of hydrogen-bond donors (Lipinski definition) is 0. The van der Waals surface area contributed by atoms with Crippen molar-refractivity contribution in [2.75, 3.05) is 21.3 Å². The van der Waals surface area contributed by atoms with Crippen LogP contribution in [0.1, 0.15) is 5.56 Å². The summed E-state index contributed by atoms with van der Waals surface area (Å²) < 4.78 is 25.4. The van der Waals surface area contributed by atoms with Gasteiger partial charge in [-0.05, 0) is 37.3 Å². The predicted octanol–water partition coefficient (Wildman–Crippen LogP) is 3.37. The fourth-order valence-electron chi connectivity index (χ4n) is 3.64. The first-order valence-corrected chi connectivity index (χ1v) is 10.6. The molecule has 7 heteroatoms. The molecule has 0 bridgehead atoms. The Morgan fingerprint density at radius 2 is 1.56 bits per heavy atom.